The van der Waals surface area contributed by atoms with Gasteiger partial charge in [0.1, 0.15) is 0 Å². The summed E-state index contributed by atoms with van der Waals surface area (Å²) in [6.07, 6.45) is 2.54. The van der Waals surface area contributed by atoms with E-state index in [0.29, 0.717) is 18.3 Å². The standard InChI is InChI=1S/C17H13F3N4O/c18-17(19,20)14-7-15(9-22-8-14)23-16(25)13-3-1-12(2-4-13)10-24-6-5-21-11-24/h1-9,11H,10H2,(H,23,25). The molecule has 1 aromatic carbocycles. The van der Waals surface area contributed by atoms with E-state index in [4.69, 9.17) is 0 Å². The van der Waals surface area contributed by atoms with E-state index in [2.05, 4.69) is 15.3 Å². The number of nitrogens with zero attached hydrogens (tertiary/aromatic N) is 3. The van der Waals surface area contributed by atoms with Gasteiger partial charge in [0.15, 0.2) is 0 Å². The molecule has 0 bridgehead atoms. The quantitative estimate of drug-likeness (QED) is 0.785. The molecule has 0 unspecified atom stereocenters. The number of aromatic nitrogens is 3. The number of rotatable bonds is 4. The normalized spacial score (nSPS) is 11.3. The molecule has 25 heavy (non-hydrogen) atoms. The Hall–Kier alpha value is -3.16. The summed E-state index contributed by atoms with van der Waals surface area (Å²) in [6.45, 7) is 0.611. The summed E-state index contributed by atoms with van der Waals surface area (Å²) in [4.78, 5) is 19.6. The van der Waals surface area contributed by atoms with Crippen LogP contribution in [0.5, 0.6) is 0 Å². The van der Waals surface area contributed by atoms with Gasteiger partial charge in [-0.1, -0.05) is 12.1 Å². The molecule has 0 saturated heterocycles. The first kappa shape index (κ1) is 16.7. The summed E-state index contributed by atoms with van der Waals surface area (Å²) in [5, 5.41) is 2.42. The summed E-state index contributed by atoms with van der Waals surface area (Å²) < 4.78 is 39.9. The van der Waals surface area contributed by atoms with Crippen molar-refractivity contribution in [2.75, 3.05) is 5.32 Å². The fourth-order valence-electron chi connectivity index (χ4n) is 2.22. The Morgan fingerprint density at radius 1 is 1.12 bits per heavy atom. The van der Waals surface area contributed by atoms with E-state index >= 15 is 0 Å². The molecule has 0 spiro atoms. The second-order valence-corrected chi connectivity index (χ2v) is 5.35. The number of benzene rings is 1. The van der Waals surface area contributed by atoms with E-state index < -0.39 is 17.6 Å². The number of nitrogens with one attached hydrogen (secondary N) is 1. The average molecular weight is 346 g/mol. The van der Waals surface area contributed by atoms with Crippen molar-refractivity contribution in [1.29, 1.82) is 0 Å². The molecule has 0 fully saturated rings. The summed E-state index contributed by atoms with van der Waals surface area (Å²) in [5.74, 6) is -0.504. The summed E-state index contributed by atoms with van der Waals surface area (Å²) in [5.41, 5.74) is 0.380. The van der Waals surface area contributed by atoms with Crippen LogP contribution in [0.4, 0.5) is 18.9 Å². The molecular formula is C17H13F3N4O. The number of hydrogen-bond donors (Lipinski definition) is 1. The lowest BCUT2D eigenvalue weighted by Gasteiger charge is -2.09. The molecule has 0 aliphatic heterocycles. The van der Waals surface area contributed by atoms with E-state index in [1.165, 1.54) is 6.20 Å². The van der Waals surface area contributed by atoms with Crippen molar-refractivity contribution in [3.8, 4) is 0 Å². The van der Waals surface area contributed by atoms with Crippen LogP contribution in [0.2, 0.25) is 0 Å². The molecule has 1 amide bonds. The Balaban J connectivity index is 1.69. The molecule has 0 radical (unpaired) electrons. The van der Waals surface area contributed by atoms with Gasteiger partial charge in [0.25, 0.3) is 5.91 Å². The van der Waals surface area contributed by atoms with E-state index in [1.807, 2.05) is 10.8 Å². The second kappa shape index (κ2) is 6.76. The van der Waals surface area contributed by atoms with Gasteiger partial charge >= 0.3 is 6.18 Å². The predicted octanol–water partition coefficient (Wildman–Crippen LogP) is 3.60. The highest BCUT2D eigenvalue weighted by atomic mass is 19.4. The first-order chi connectivity index (χ1) is 11.9. The largest absolute Gasteiger partial charge is 0.417 e. The van der Waals surface area contributed by atoms with Gasteiger partial charge in [0.05, 0.1) is 23.8 Å². The van der Waals surface area contributed by atoms with E-state index in [0.717, 1.165) is 11.6 Å². The van der Waals surface area contributed by atoms with Crippen LogP contribution in [0.1, 0.15) is 21.5 Å². The van der Waals surface area contributed by atoms with Gasteiger partial charge in [-0.3, -0.25) is 9.78 Å². The Bertz CT molecular complexity index is 858. The topological polar surface area (TPSA) is 59.8 Å². The van der Waals surface area contributed by atoms with Crippen molar-refractivity contribution in [3.63, 3.8) is 0 Å². The first-order valence-corrected chi connectivity index (χ1v) is 7.30. The van der Waals surface area contributed by atoms with Gasteiger partial charge in [-0.05, 0) is 23.8 Å². The second-order valence-electron chi connectivity index (χ2n) is 5.35. The van der Waals surface area contributed by atoms with Crippen LogP contribution >= 0.6 is 0 Å². The van der Waals surface area contributed by atoms with Gasteiger partial charge in [-0.2, -0.15) is 13.2 Å². The number of halogens is 3. The van der Waals surface area contributed by atoms with Crippen molar-refractivity contribution < 1.29 is 18.0 Å². The Labute approximate surface area is 141 Å². The van der Waals surface area contributed by atoms with Crippen LogP contribution in [0.3, 0.4) is 0 Å². The summed E-state index contributed by atoms with van der Waals surface area (Å²) in [6, 6.07) is 7.63. The third-order valence-electron chi connectivity index (χ3n) is 3.46. The van der Waals surface area contributed by atoms with E-state index in [-0.39, 0.29) is 5.69 Å². The number of amides is 1. The highest BCUT2D eigenvalue weighted by Crippen LogP contribution is 2.30. The molecule has 0 aliphatic carbocycles. The zero-order valence-corrected chi connectivity index (χ0v) is 12.9. The maximum atomic E-state index is 12.7. The van der Waals surface area contributed by atoms with Gasteiger partial charge in [0, 0.05) is 30.7 Å². The molecule has 8 heteroatoms. The Morgan fingerprint density at radius 2 is 1.88 bits per heavy atom. The van der Waals surface area contributed by atoms with Crippen molar-refractivity contribution >= 4 is 11.6 Å². The lowest BCUT2D eigenvalue weighted by atomic mass is 10.1. The smallest absolute Gasteiger partial charge is 0.333 e. The minimum atomic E-state index is -4.51. The Kier molecular flexibility index (Phi) is 4.51. The van der Waals surface area contributed by atoms with Crippen molar-refractivity contribution in [3.05, 3.63) is 78.1 Å². The molecular weight excluding hydrogens is 333 g/mol. The molecule has 2 heterocycles. The van der Waals surface area contributed by atoms with Crippen LogP contribution in [-0.2, 0) is 12.7 Å². The number of pyridine rings is 1. The molecule has 2 aromatic heterocycles. The molecule has 1 N–H and O–H groups in total. The van der Waals surface area contributed by atoms with Crippen molar-refractivity contribution in [2.45, 2.75) is 12.7 Å². The third-order valence-corrected chi connectivity index (χ3v) is 3.46. The number of carbonyl (C=O) groups is 1. The van der Waals surface area contributed by atoms with E-state index in [9.17, 15) is 18.0 Å². The lowest BCUT2D eigenvalue weighted by Crippen LogP contribution is -2.13. The minimum absolute atomic E-state index is 0.0117. The lowest BCUT2D eigenvalue weighted by molar-refractivity contribution is -0.137. The summed E-state index contributed by atoms with van der Waals surface area (Å²) >= 11 is 0. The molecule has 3 aromatic rings. The van der Waals surface area contributed by atoms with Gasteiger partial charge in [-0.25, -0.2) is 4.98 Å². The van der Waals surface area contributed by atoms with Gasteiger partial charge in [-0.15, -0.1) is 0 Å². The number of anilines is 1. The molecule has 0 saturated carbocycles. The van der Waals surface area contributed by atoms with Crippen LogP contribution in [0.15, 0.2) is 61.4 Å². The van der Waals surface area contributed by atoms with Crippen molar-refractivity contribution in [2.24, 2.45) is 0 Å². The number of imidazole rings is 1. The fraction of sp³-hybridized carbons (Fsp3) is 0.118. The fourth-order valence-corrected chi connectivity index (χ4v) is 2.22. The third kappa shape index (κ3) is 4.23. The molecule has 128 valence electrons. The predicted molar refractivity (Wildman–Crippen MR) is 85.0 cm³/mol. The molecule has 5 nitrogen and oxygen atoms in total. The van der Waals surface area contributed by atoms with E-state index in [1.54, 1.807) is 36.8 Å². The number of carbonyl (C=O) groups excluding carboxylic acids is 1. The zero-order chi connectivity index (χ0) is 17.9. The minimum Gasteiger partial charge on any atom is -0.333 e. The summed E-state index contributed by atoms with van der Waals surface area (Å²) in [7, 11) is 0. The highest BCUT2D eigenvalue weighted by Gasteiger charge is 2.31. The monoisotopic (exact) mass is 346 g/mol. The Morgan fingerprint density at radius 3 is 2.52 bits per heavy atom. The van der Waals surface area contributed by atoms with Crippen LogP contribution in [0, 0.1) is 0 Å². The van der Waals surface area contributed by atoms with Crippen molar-refractivity contribution in [1.82, 2.24) is 14.5 Å². The van der Waals surface area contributed by atoms with Gasteiger partial charge in [0.2, 0.25) is 0 Å². The molecule has 3 rings (SSSR count). The van der Waals surface area contributed by atoms with Crippen LogP contribution in [0.25, 0.3) is 0 Å². The number of hydrogen-bond acceptors (Lipinski definition) is 3. The highest BCUT2D eigenvalue weighted by molar-refractivity contribution is 6.04. The maximum Gasteiger partial charge on any atom is 0.417 e. The SMILES string of the molecule is O=C(Nc1cncc(C(F)(F)F)c1)c1ccc(Cn2ccnc2)cc1. The zero-order valence-electron chi connectivity index (χ0n) is 12.9. The first-order valence-electron chi connectivity index (χ1n) is 7.30. The maximum absolute atomic E-state index is 12.7. The average Bonchev–Trinajstić information content (AvgIpc) is 3.08. The number of alkyl halides is 3. The van der Waals surface area contributed by atoms with Crippen LogP contribution in [-0.4, -0.2) is 20.4 Å². The molecule has 0 atom stereocenters. The van der Waals surface area contributed by atoms with Crippen LogP contribution < -0.4 is 5.32 Å². The molecule has 0 aliphatic rings. The van der Waals surface area contributed by atoms with Gasteiger partial charge < -0.3 is 9.88 Å².